The van der Waals surface area contributed by atoms with E-state index >= 15 is 0 Å². The molecule has 110 valence electrons. The summed E-state index contributed by atoms with van der Waals surface area (Å²) >= 11 is 0. The molecule has 0 spiro atoms. The second-order valence-electron chi connectivity index (χ2n) is 4.58. The van der Waals surface area contributed by atoms with Gasteiger partial charge in [0.1, 0.15) is 6.04 Å². The third-order valence-corrected chi connectivity index (χ3v) is 3.16. The van der Waals surface area contributed by atoms with E-state index in [2.05, 4.69) is 0 Å². The highest BCUT2D eigenvalue weighted by molar-refractivity contribution is 5.76. The van der Waals surface area contributed by atoms with Gasteiger partial charge >= 0.3 is 18.2 Å². The number of alkyl halides is 3. The van der Waals surface area contributed by atoms with Crippen LogP contribution in [0.4, 0.5) is 18.0 Å². The molecule has 1 rings (SSSR count). The summed E-state index contributed by atoms with van der Waals surface area (Å²) in [5.41, 5.74) is 0. The van der Waals surface area contributed by atoms with Gasteiger partial charge in [-0.25, -0.2) is 4.79 Å². The van der Waals surface area contributed by atoms with E-state index in [0.717, 1.165) is 4.90 Å². The molecule has 0 aromatic carbocycles. The average molecular weight is 282 g/mol. The average Bonchev–Trinajstić information content (AvgIpc) is 2.34. The van der Waals surface area contributed by atoms with Crippen molar-refractivity contribution in [2.24, 2.45) is 5.92 Å². The van der Waals surface area contributed by atoms with E-state index in [1.807, 2.05) is 5.32 Å². The summed E-state index contributed by atoms with van der Waals surface area (Å²) in [6.07, 6.45) is -3.83. The molecule has 5 nitrogen and oxygen atoms in total. The predicted molar refractivity (Wildman–Crippen MR) is 60.6 cm³/mol. The molecule has 0 bridgehead atoms. The van der Waals surface area contributed by atoms with Crippen molar-refractivity contribution in [2.45, 2.75) is 38.4 Å². The van der Waals surface area contributed by atoms with Crippen LogP contribution in [0, 0.1) is 5.92 Å². The lowest BCUT2D eigenvalue weighted by molar-refractivity contribution is -0.154. The summed E-state index contributed by atoms with van der Waals surface area (Å²) in [5.74, 6) is -1.73. The molecule has 19 heavy (non-hydrogen) atoms. The number of piperidine rings is 1. The molecule has 2 N–H and O–H groups in total. The first-order valence-corrected chi connectivity index (χ1v) is 6.10. The number of hydrogen-bond donors (Lipinski definition) is 2. The van der Waals surface area contributed by atoms with Gasteiger partial charge in [-0.2, -0.15) is 13.2 Å². The zero-order valence-electron chi connectivity index (χ0n) is 10.5. The van der Waals surface area contributed by atoms with E-state index in [9.17, 15) is 22.8 Å². The molecule has 0 radical (unpaired) electrons. The fraction of sp³-hybridized carbons (Fsp3) is 0.818. The summed E-state index contributed by atoms with van der Waals surface area (Å²) in [5, 5.41) is 10.8. The third-order valence-electron chi connectivity index (χ3n) is 3.16. The van der Waals surface area contributed by atoms with Crippen LogP contribution in [-0.4, -0.2) is 47.3 Å². The molecule has 2 atom stereocenters. The van der Waals surface area contributed by atoms with Crippen LogP contribution in [0.2, 0.25) is 0 Å². The SMILES string of the molecule is CC[C@H](NC(=O)N1CCCC(C(=O)O)C1)C(F)(F)F. The monoisotopic (exact) mass is 282 g/mol. The Bertz CT molecular complexity index is 347. The van der Waals surface area contributed by atoms with Crippen LogP contribution in [0.25, 0.3) is 0 Å². The number of nitrogens with zero attached hydrogens (tertiary/aromatic N) is 1. The molecule has 1 aliphatic heterocycles. The van der Waals surface area contributed by atoms with E-state index in [1.54, 1.807) is 0 Å². The van der Waals surface area contributed by atoms with Gasteiger partial charge in [0.25, 0.3) is 0 Å². The number of amides is 2. The number of carboxylic acid groups (broad SMARTS) is 1. The molecule has 1 saturated heterocycles. The number of carboxylic acids is 1. The Hall–Kier alpha value is -1.47. The lowest BCUT2D eigenvalue weighted by Crippen LogP contribution is -2.53. The molecule has 1 aliphatic rings. The second-order valence-corrected chi connectivity index (χ2v) is 4.58. The molecule has 0 saturated carbocycles. The first-order chi connectivity index (χ1) is 8.75. The molecule has 0 aromatic rings. The minimum Gasteiger partial charge on any atom is -0.481 e. The zero-order chi connectivity index (χ0) is 14.6. The molecular formula is C11H17F3N2O3. The third kappa shape index (κ3) is 4.29. The summed E-state index contributed by atoms with van der Waals surface area (Å²) in [6, 6.07) is -2.75. The van der Waals surface area contributed by atoms with Crippen molar-refractivity contribution in [2.75, 3.05) is 13.1 Å². The van der Waals surface area contributed by atoms with Gasteiger partial charge in [-0.05, 0) is 19.3 Å². The first-order valence-electron chi connectivity index (χ1n) is 6.10. The van der Waals surface area contributed by atoms with Crippen molar-refractivity contribution < 1.29 is 27.9 Å². The van der Waals surface area contributed by atoms with Crippen LogP contribution in [-0.2, 0) is 4.79 Å². The van der Waals surface area contributed by atoms with E-state index in [0.29, 0.717) is 12.8 Å². The van der Waals surface area contributed by atoms with Gasteiger partial charge in [0, 0.05) is 13.1 Å². The van der Waals surface area contributed by atoms with E-state index in [-0.39, 0.29) is 19.5 Å². The first kappa shape index (κ1) is 15.6. The maximum atomic E-state index is 12.5. The maximum absolute atomic E-state index is 12.5. The van der Waals surface area contributed by atoms with Crippen LogP contribution in [0.15, 0.2) is 0 Å². The van der Waals surface area contributed by atoms with Gasteiger partial charge in [0.15, 0.2) is 0 Å². The lowest BCUT2D eigenvalue weighted by Gasteiger charge is -2.32. The number of carbonyl (C=O) groups is 2. The van der Waals surface area contributed by atoms with E-state index in [4.69, 9.17) is 5.11 Å². The van der Waals surface area contributed by atoms with Crippen LogP contribution in [0.3, 0.4) is 0 Å². The van der Waals surface area contributed by atoms with Gasteiger partial charge in [-0.3, -0.25) is 4.79 Å². The quantitative estimate of drug-likeness (QED) is 0.829. The van der Waals surface area contributed by atoms with Crippen LogP contribution < -0.4 is 5.32 Å². The highest BCUT2D eigenvalue weighted by atomic mass is 19.4. The topological polar surface area (TPSA) is 69.6 Å². The fourth-order valence-corrected chi connectivity index (χ4v) is 2.02. The summed E-state index contributed by atoms with van der Waals surface area (Å²) in [7, 11) is 0. The predicted octanol–water partition coefficient (Wildman–Crippen LogP) is 1.83. The van der Waals surface area contributed by atoms with Crippen molar-refractivity contribution >= 4 is 12.0 Å². The van der Waals surface area contributed by atoms with Crippen LogP contribution in [0.5, 0.6) is 0 Å². The van der Waals surface area contributed by atoms with E-state index < -0.39 is 30.1 Å². The largest absolute Gasteiger partial charge is 0.481 e. The van der Waals surface area contributed by atoms with Crippen molar-refractivity contribution in [1.29, 1.82) is 0 Å². The highest BCUT2D eigenvalue weighted by Gasteiger charge is 2.40. The number of urea groups is 1. The Morgan fingerprint density at radius 3 is 2.58 bits per heavy atom. The minimum atomic E-state index is -4.49. The molecule has 8 heteroatoms. The van der Waals surface area contributed by atoms with Gasteiger partial charge in [-0.1, -0.05) is 6.92 Å². The zero-order valence-corrected chi connectivity index (χ0v) is 10.5. The fourth-order valence-electron chi connectivity index (χ4n) is 2.02. The smallest absolute Gasteiger partial charge is 0.408 e. The Labute approximate surface area is 108 Å². The Kier molecular flexibility index (Phi) is 5.02. The number of nitrogens with one attached hydrogen (secondary N) is 1. The van der Waals surface area contributed by atoms with Gasteiger partial charge in [-0.15, -0.1) is 0 Å². The molecule has 1 fully saturated rings. The number of rotatable bonds is 3. The lowest BCUT2D eigenvalue weighted by atomic mass is 9.99. The highest BCUT2D eigenvalue weighted by Crippen LogP contribution is 2.23. The summed E-state index contributed by atoms with van der Waals surface area (Å²) in [4.78, 5) is 23.7. The Morgan fingerprint density at radius 2 is 2.11 bits per heavy atom. The van der Waals surface area contributed by atoms with Crippen molar-refractivity contribution in [3.8, 4) is 0 Å². The van der Waals surface area contributed by atoms with Crippen molar-refractivity contribution in [3.05, 3.63) is 0 Å². The van der Waals surface area contributed by atoms with Crippen molar-refractivity contribution in [1.82, 2.24) is 10.2 Å². The number of hydrogen-bond acceptors (Lipinski definition) is 2. The number of aliphatic carboxylic acids is 1. The molecule has 1 unspecified atom stereocenters. The van der Waals surface area contributed by atoms with E-state index in [1.165, 1.54) is 6.92 Å². The second kappa shape index (κ2) is 6.12. The normalized spacial score (nSPS) is 21.9. The molecule has 2 amide bonds. The molecular weight excluding hydrogens is 265 g/mol. The molecule has 0 aliphatic carbocycles. The summed E-state index contributed by atoms with van der Waals surface area (Å²) < 4.78 is 37.6. The maximum Gasteiger partial charge on any atom is 0.408 e. The molecule has 1 heterocycles. The van der Waals surface area contributed by atoms with Crippen LogP contribution >= 0.6 is 0 Å². The van der Waals surface area contributed by atoms with Crippen LogP contribution in [0.1, 0.15) is 26.2 Å². The van der Waals surface area contributed by atoms with Crippen molar-refractivity contribution in [3.63, 3.8) is 0 Å². The number of carbonyl (C=O) groups excluding carboxylic acids is 1. The number of halogens is 3. The Balaban J connectivity index is 2.60. The molecule has 0 aromatic heterocycles. The minimum absolute atomic E-state index is 0.0462. The van der Waals surface area contributed by atoms with Gasteiger partial charge in [0.2, 0.25) is 0 Å². The van der Waals surface area contributed by atoms with Gasteiger partial charge < -0.3 is 15.3 Å². The Morgan fingerprint density at radius 1 is 1.47 bits per heavy atom. The summed E-state index contributed by atoms with van der Waals surface area (Å²) in [6.45, 7) is 1.56. The standard InChI is InChI=1S/C11H17F3N2O3/c1-2-8(11(12,13)14)15-10(19)16-5-3-4-7(6-16)9(17)18/h7-8H,2-6H2,1H3,(H,15,19)(H,17,18)/t7?,8-/m0/s1. The van der Waals surface area contributed by atoms with Gasteiger partial charge in [0.05, 0.1) is 5.92 Å². The number of likely N-dealkylation sites (tertiary alicyclic amines) is 1.